The molecular weight excluding hydrogens is 458 g/mol. The monoisotopic (exact) mass is 501 g/mol. The highest BCUT2D eigenvalue weighted by atomic mass is 16.4. The molecule has 0 radical (unpaired) electrons. The Labute approximate surface area is 206 Å². The maximum atomic E-state index is 13.1. The quantitative estimate of drug-likeness (QED) is 0.0960. The Hall–Kier alpha value is -2.77. The van der Waals surface area contributed by atoms with E-state index in [0.29, 0.717) is 45.2 Å². The topological polar surface area (TPSA) is 232 Å². The molecule has 4 atom stereocenters. The van der Waals surface area contributed by atoms with E-state index in [1.807, 2.05) is 0 Å². The zero-order valence-corrected chi connectivity index (χ0v) is 21.0. The Kier molecular flexibility index (Phi) is 16.2. The Morgan fingerprint density at radius 1 is 0.714 bits per heavy atom. The molecule has 13 heteroatoms. The summed E-state index contributed by atoms with van der Waals surface area (Å²) in [7, 11) is 0. The molecule has 0 rings (SSSR count). The second kappa shape index (κ2) is 17.6. The summed E-state index contributed by atoms with van der Waals surface area (Å²) in [4.78, 5) is 61.0. The molecule has 0 aromatic heterocycles. The number of carboxylic acids is 1. The molecule has 0 saturated heterocycles. The molecule has 0 aliphatic heterocycles. The van der Waals surface area contributed by atoms with Crippen molar-refractivity contribution in [2.45, 2.75) is 83.5 Å². The standard InChI is InChI=1S/C22H43N7O6/c1-13(2)18(25)22(35)29-16(9-5-7-11-24)21(34)28-15(8-4-6-10-23)20(33)27-14(3)19(32)26-12-17(30)31/h13-16,18H,4-12,23-25H2,1-3H3,(H,26,32)(H,27,33)(H,28,34)(H,29,35)(H,30,31)/t14-,15-,16-,18-/m0/s1. The first kappa shape index (κ1) is 32.2. The van der Waals surface area contributed by atoms with E-state index in [1.165, 1.54) is 6.92 Å². The number of aliphatic carboxylic acids is 1. The molecule has 0 fully saturated rings. The van der Waals surface area contributed by atoms with Gasteiger partial charge in [0.15, 0.2) is 0 Å². The summed E-state index contributed by atoms with van der Waals surface area (Å²) in [5.74, 6) is -3.67. The van der Waals surface area contributed by atoms with Crippen LogP contribution in [0.3, 0.4) is 0 Å². The molecule has 0 aliphatic carbocycles. The molecule has 35 heavy (non-hydrogen) atoms. The highest BCUT2D eigenvalue weighted by Crippen LogP contribution is 2.07. The fraction of sp³-hybridized carbons (Fsp3) is 0.773. The van der Waals surface area contributed by atoms with Crippen LogP contribution in [-0.2, 0) is 24.0 Å². The predicted octanol–water partition coefficient (Wildman–Crippen LogP) is -2.10. The minimum Gasteiger partial charge on any atom is -0.480 e. The van der Waals surface area contributed by atoms with Gasteiger partial charge in [0.1, 0.15) is 24.7 Å². The van der Waals surface area contributed by atoms with Gasteiger partial charge < -0.3 is 43.6 Å². The number of carbonyl (C=O) groups is 5. The summed E-state index contributed by atoms with van der Waals surface area (Å²) in [5.41, 5.74) is 17.0. The Bertz CT molecular complexity index is 704. The molecule has 0 aromatic rings. The van der Waals surface area contributed by atoms with Gasteiger partial charge in [-0.3, -0.25) is 24.0 Å². The summed E-state index contributed by atoms with van der Waals surface area (Å²) in [6.45, 7) is 5.23. The van der Waals surface area contributed by atoms with E-state index in [1.54, 1.807) is 13.8 Å². The zero-order valence-electron chi connectivity index (χ0n) is 21.0. The minimum absolute atomic E-state index is 0.133. The summed E-state index contributed by atoms with van der Waals surface area (Å²) >= 11 is 0. The van der Waals surface area contributed by atoms with Gasteiger partial charge >= 0.3 is 5.97 Å². The minimum atomic E-state index is -1.22. The fourth-order valence-electron chi connectivity index (χ4n) is 3.06. The number of nitrogens with two attached hydrogens (primary N) is 3. The van der Waals surface area contributed by atoms with E-state index < -0.39 is 60.3 Å². The number of amides is 4. The first-order valence-electron chi connectivity index (χ1n) is 12.0. The number of hydrogen-bond donors (Lipinski definition) is 8. The number of carbonyl (C=O) groups excluding carboxylic acids is 4. The average Bonchev–Trinajstić information content (AvgIpc) is 2.80. The molecule has 0 aliphatic rings. The molecule has 0 spiro atoms. The highest BCUT2D eigenvalue weighted by molar-refractivity contribution is 5.95. The number of nitrogens with one attached hydrogen (secondary N) is 4. The smallest absolute Gasteiger partial charge is 0.322 e. The number of unbranched alkanes of at least 4 members (excludes halogenated alkanes) is 2. The van der Waals surface area contributed by atoms with Crippen molar-refractivity contribution in [3.05, 3.63) is 0 Å². The van der Waals surface area contributed by atoms with E-state index in [4.69, 9.17) is 22.3 Å². The second-order valence-corrected chi connectivity index (χ2v) is 8.80. The van der Waals surface area contributed by atoms with E-state index in [-0.39, 0.29) is 12.3 Å². The molecule has 0 unspecified atom stereocenters. The molecule has 11 N–H and O–H groups in total. The Morgan fingerprint density at radius 2 is 1.17 bits per heavy atom. The molecule has 0 saturated carbocycles. The van der Waals surface area contributed by atoms with Crippen LogP contribution >= 0.6 is 0 Å². The van der Waals surface area contributed by atoms with E-state index in [9.17, 15) is 24.0 Å². The van der Waals surface area contributed by atoms with Crippen molar-refractivity contribution in [3.8, 4) is 0 Å². The van der Waals surface area contributed by atoms with Crippen LogP contribution in [0.2, 0.25) is 0 Å². The molecule has 4 amide bonds. The summed E-state index contributed by atoms with van der Waals surface area (Å²) < 4.78 is 0. The van der Waals surface area contributed by atoms with Crippen molar-refractivity contribution >= 4 is 29.6 Å². The number of rotatable bonds is 18. The van der Waals surface area contributed by atoms with Crippen molar-refractivity contribution in [3.63, 3.8) is 0 Å². The van der Waals surface area contributed by atoms with Gasteiger partial charge in [-0.2, -0.15) is 0 Å². The Balaban J connectivity index is 5.40. The predicted molar refractivity (Wildman–Crippen MR) is 131 cm³/mol. The van der Waals surface area contributed by atoms with E-state index in [2.05, 4.69) is 21.3 Å². The van der Waals surface area contributed by atoms with Crippen LogP contribution in [0.4, 0.5) is 0 Å². The second-order valence-electron chi connectivity index (χ2n) is 8.80. The van der Waals surface area contributed by atoms with Gasteiger partial charge in [0.25, 0.3) is 0 Å². The van der Waals surface area contributed by atoms with E-state index in [0.717, 1.165) is 0 Å². The van der Waals surface area contributed by atoms with Crippen LogP contribution in [-0.4, -0.2) is 78.5 Å². The first-order valence-corrected chi connectivity index (χ1v) is 12.0. The van der Waals surface area contributed by atoms with Crippen LogP contribution < -0.4 is 38.5 Å². The van der Waals surface area contributed by atoms with Gasteiger partial charge in [-0.25, -0.2) is 0 Å². The SMILES string of the molecule is CC(C)[C@H](N)C(=O)N[C@@H](CCCCN)C(=O)N[C@@H](CCCCN)C(=O)N[C@@H](C)C(=O)NCC(=O)O. The third kappa shape index (κ3) is 13.6. The molecule has 0 heterocycles. The van der Waals surface area contributed by atoms with Crippen molar-refractivity contribution in [2.75, 3.05) is 19.6 Å². The van der Waals surface area contributed by atoms with Gasteiger partial charge in [-0.15, -0.1) is 0 Å². The van der Waals surface area contributed by atoms with Crippen molar-refractivity contribution < 1.29 is 29.1 Å². The lowest BCUT2D eigenvalue weighted by molar-refractivity contribution is -0.138. The average molecular weight is 502 g/mol. The summed E-state index contributed by atoms with van der Waals surface area (Å²) in [5, 5.41) is 18.7. The third-order valence-corrected chi connectivity index (χ3v) is 5.35. The Morgan fingerprint density at radius 3 is 1.60 bits per heavy atom. The molecular formula is C22H43N7O6. The van der Waals surface area contributed by atoms with Crippen LogP contribution in [0.5, 0.6) is 0 Å². The van der Waals surface area contributed by atoms with Gasteiger partial charge in [0.05, 0.1) is 6.04 Å². The molecule has 0 bridgehead atoms. The largest absolute Gasteiger partial charge is 0.480 e. The van der Waals surface area contributed by atoms with Crippen molar-refractivity contribution in [1.82, 2.24) is 21.3 Å². The van der Waals surface area contributed by atoms with Gasteiger partial charge in [0, 0.05) is 0 Å². The number of hydrogen-bond acceptors (Lipinski definition) is 8. The van der Waals surface area contributed by atoms with Crippen LogP contribution in [0.25, 0.3) is 0 Å². The summed E-state index contributed by atoms with van der Waals surface area (Å²) in [6.07, 6.45) is 2.96. The van der Waals surface area contributed by atoms with Gasteiger partial charge in [-0.05, 0) is 64.5 Å². The van der Waals surface area contributed by atoms with Crippen LogP contribution in [0.15, 0.2) is 0 Å². The van der Waals surface area contributed by atoms with Gasteiger partial charge in [0.2, 0.25) is 23.6 Å². The van der Waals surface area contributed by atoms with Crippen LogP contribution in [0, 0.1) is 5.92 Å². The van der Waals surface area contributed by atoms with Crippen molar-refractivity contribution in [2.24, 2.45) is 23.1 Å². The molecule has 202 valence electrons. The maximum Gasteiger partial charge on any atom is 0.322 e. The maximum absolute atomic E-state index is 13.1. The normalized spacial score (nSPS) is 14.4. The van der Waals surface area contributed by atoms with Crippen molar-refractivity contribution in [1.29, 1.82) is 0 Å². The molecule has 0 aromatic carbocycles. The molecule has 13 nitrogen and oxygen atoms in total. The lowest BCUT2D eigenvalue weighted by Gasteiger charge is -2.25. The number of carboxylic acid groups (broad SMARTS) is 1. The lowest BCUT2D eigenvalue weighted by atomic mass is 10.0. The van der Waals surface area contributed by atoms with Crippen LogP contribution in [0.1, 0.15) is 59.3 Å². The highest BCUT2D eigenvalue weighted by Gasteiger charge is 2.29. The van der Waals surface area contributed by atoms with E-state index >= 15 is 0 Å². The zero-order chi connectivity index (χ0) is 27.0. The lowest BCUT2D eigenvalue weighted by Crippen LogP contribution is -2.57. The fourth-order valence-corrected chi connectivity index (χ4v) is 3.06. The summed E-state index contributed by atoms with van der Waals surface area (Å²) in [6, 6.07) is -3.73. The van der Waals surface area contributed by atoms with Gasteiger partial charge in [-0.1, -0.05) is 13.8 Å². The third-order valence-electron chi connectivity index (χ3n) is 5.35. The first-order chi connectivity index (χ1) is 16.4.